The Balaban J connectivity index is 2.67. The largest absolute Gasteiger partial charge is 0.305 e. The van der Waals surface area contributed by atoms with Gasteiger partial charge in [-0.3, -0.25) is 0 Å². The Morgan fingerprint density at radius 3 is 2.31 bits per heavy atom. The lowest BCUT2D eigenvalue weighted by molar-refractivity contribution is 0.0637. The topological polar surface area (TPSA) is 21.3 Å². The number of benzene rings is 1. The predicted molar refractivity (Wildman–Crippen MR) is 69.4 cm³/mol. The van der Waals surface area contributed by atoms with Crippen LogP contribution in [0, 0.1) is 0 Å². The molecule has 1 aromatic carbocycles. The van der Waals surface area contributed by atoms with Gasteiger partial charge in [0, 0.05) is 21.1 Å². The summed E-state index contributed by atoms with van der Waals surface area (Å²) in [5.74, 6) is 0. The second-order valence-corrected chi connectivity index (χ2v) is 4.86. The van der Waals surface area contributed by atoms with Crippen molar-refractivity contribution in [2.75, 3.05) is 7.11 Å². The second-order valence-electron chi connectivity index (χ2n) is 3.61. The molecule has 16 heavy (non-hydrogen) atoms. The van der Waals surface area contributed by atoms with E-state index in [4.69, 9.17) is 39.6 Å². The zero-order valence-electron chi connectivity index (χ0n) is 9.19. The first-order valence-corrected chi connectivity index (χ1v) is 6.10. The molecule has 5 heteroatoms. The van der Waals surface area contributed by atoms with Gasteiger partial charge in [-0.1, -0.05) is 34.8 Å². The predicted octanol–water partition coefficient (Wildman–Crippen LogP) is 4.12. The van der Waals surface area contributed by atoms with Crippen molar-refractivity contribution in [3.05, 3.63) is 32.8 Å². The average Bonchev–Trinajstić information content (AvgIpc) is 2.16. The molecule has 0 aliphatic rings. The lowest BCUT2D eigenvalue weighted by Gasteiger charge is -2.13. The summed E-state index contributed by atoms with van der Waals surface area (Å²) < 4.78 is 0. The molecule has 90 valence electrons. The molecule has 2 nitrogen and oxygen atoms in total. The van der Waals surface area contributed by atoms with Crippen molar-refractivity contribution in [1.29, 1.82) is 0 Å². The SMILES string of the molecule is CONC(C)CCc1c(Cl)cc(Cl)cc1Cl. The molecule has 0 bridgehead atoms. The fourth-order valence-corrected chi connectivity index (χ4v) is 2.44. The molecule has 0 aliphatic heterocycles. The van der Waals surface area contributed by atoms with Gasteiger partial charge in [-0.2, -0.15) is 0 Å². The van der Waals surface area contributed by atoms with Crippen LogP contribution in [-0.2, 0) is 11.3 Å². The van der Waals surface area contributed by atoms with Gasteiger partial charge in [-0.05, 0) is 37.5 Å². The van der Waals surface area contributed by atoms with E-state index >= 15 is 0 Å². The number of hydroxylamine groups is 1. The third-order valence-corrected chi connectivity index (χ3v) is 3.14. The summed E-state index contributed by atoms with van der Waals surface area (Å²) in [4.78, 5) is 4.83. The Morgan fingerprint density at radius 1 is 1.25 bits per heavy atom. The molecular formula is C11H14Cl3NO. The highest BCUT2D eigenvalue weighted by Crippen LogP contribution is 2.30. The van der Waals surface area contributed by atoms with Crippen molar-refractivity contribution in [3.63, 3.8) is 0 Å². The Kier molecular flexibility index (Phi) is 5.87. The van der Waals surface area contributed by atoms with Crippen molar-refractivity contribution in [1.82, 2.24) is 5.48 Å². The minimum atomic E-state index is 0.243. The van der Waals surface area contributed by atoms with E-state index in [1.54, 1.807) is 19.2 Å². The first kappa shape index (κ1) is 14.1. The minimum Gasteiger partial charge on any atom is -0.305 e. The molecule has 1 aromatic rings. The van der Waals surface area contributed by atoms with E-state index in [9.17, 15) is 0 Å². The van der Waals surface area contributed by atoms with Crippen LogP contribution in [0.15, 0.2) is 12.1 Å². The van der Waals surface area contributed by atoms with Crippen molar-refractivity contribution >= 4 is 34.8 Å². The number of rotatable bonds is 5. The number of hydrogen-bond acceptors (Lipinski definition) is 2. The lowest BCUT2D eigenvalue weighted by atomic mass is 10.1. The molecule has 0 saturated carbocycles. The number of nitrogens with one attached hydrogen (secondary N) is 1. The van der Waals surface area contributed by atoms with Crippen LogP contribution in [0.2, 0.25) is 15.1 Å². The molecule has 0 spiro atoms. The Hall–Kier alpha value is 0.01000. The van der Waals surface area contributed by atoms with Gasteiger partial charge in [0.25, 0.3) is 0 Å². The Morgan fingerprint density at radius 2 is 1.81 bits per heavy atom. The van der Waals surface area contributed by atoms with Crippen LogP contribution < -0.4 is 5.48 Å². The van der Waals surface area contributed by atoms with Gasteiger partial charge in [-0.25, -0.2) is 5.48 Å². The second kappa shape index (κ2) is 6.67. The molecule has 0 radical (unpaired) electrons. The lowest BCUT2D eigenvalue weighted by Crippen LogP contribution is -2.25. The van der Waals surface area contributed by atoms with E-state index in [1.807, 2.05) is 6.92 Å². The molecule has 1 rings (SSSR count). The van der Waals surface area contributed by atoms with Crippen molar-refractivity contribution in [2.24, 2.45) is 0 Å². The maximum atomic E-state index is 6.07. The average molecular weight is 283 g/mol. The molecule has 1 N–H and O–H groups in total. The van der Waals surface area contributed by atoms with E-state index in [1.165, 1.54) is 0 Å². The summed E-state index contributed by atoms with van der Waals surface area (Å²) in [6.45, 7) is 2.03. The van der Waals surface area contributed by atoms with Gasteiger partial charge in [0.2, 0.25) is 0 Å². The summed E-state index contributed by atoms with van der Waals surface area (Å²) in [5, 5.41) is 1.78. The van der Waals surface area contributed by atoms with Crippen LogP contribution in [0.25, 0.3) is 0 Å². The van der Waals surface area contributed by atoms with Gasteiger partial charge in [0.15, 0.2) is 0 Å². The van der Waals surface area contributed by atoms with Crippen LogP contribution in [0.3, 0.4) is 0 Å². The summed E-state index contributed by atoms with van der Waals surface area (Å²) in [7, 11) is 1.60. The summed E-state index contributed by atoms with van der Waals surface area (Å²) >= 11 is 18.0. The quantitative estimate of drug-likeness (QED) is 0.820. The van der Waals surface area contributed by atoms with E-state index in [0.29, 0.717) is 15.1 Å². The Bertz CT molecular complexity index is 334. The molecule has 0 aliphatic carbocycles. The first-order valence-electron chi connectivity index (χ1n) is 4.96. The van der Waals surface area contributed by atoms with Gasteiger partial charge in [0.05, 0.1) is 7.11 Å². The van der Waals surface area contributed by atoms with Gasteiger partial charge in [0.1, 0.15) is 0 Å². The fraction of sp³-hybridized carbons (Fsp3) is 0.455. The fourth-order valence-electron chi connectivity index (χ4n) is 1.43. The molecule has 0 aromatic heterocycles. The van der Waals surface area contributed by atoms with Crippen molar-refractivity contribution < 1.29 is 4.84 Å². The van der Waals surface area contributed by atoms with Gasteiger partial charge >= 0.3 is 0 Å². The molecule has 0 amide bonds. The van der Waals surface area contributed by atoms with Gasteiger partial charge < -0.3 is 4.84 Å². The zero-order valence-corrected chi connectivity index (χ0v) is 11.5. The number of halogens is 3. The van der Waals surface area contributed by atoms with Crippen molar-refractivity contribution in [3.8, 4) is 0 Å². The molecular weight excluding hydrogens is 268 g/mol. The number of hydrogen-bond donors (Lipinski definition) is 1. The molecule has 1 unspecified atom stereocenters. The van der Waals surface area contributed by atoms with Crippen LogP contribution in [0.1, 0.15) is 18.9 Å². The first-order chi connectivity index (χ1) is 7.54. The summed E-state index contributed by atoms with van der Waals surface area (Å²) in [6, 6.07) is 3.66. The highest BCUT2D eigenvalue weighted by Gasteiger charge is 2.09. The third kappa shape index (κ3) is 4.11. The Labute approximate surface area is 111 Å². The third-order valence-electron chi connectivity index (χ3n) is 2.25. The normalized spacial score (nSPS) is 12.8. The van der Waals surface area contributed by atoms with Crippen molar-refractivity contribution in [2.45, 2.75) is 25.8 Å². The van der Waals surface area contributed by atoms with Gasteiger partial charge in [-0.15, -0.1) is 0 Å². The molecule has 0 saturated heterocycles. The van der Waals surface area contributed by atoms with E-state index in [2.05, 4.69) is 5.48 Å². The summed E-state index contributed by atoms with van der Waals surface area (Å²) in [5.41, 5.74) is 3.78. The van der Waals surface area contributed by atoms with E-state index < -0.39 is 0 Å². The highest BCUT2D eigenvalue weighted by atomic mass is 35.5. The molecule has 0 fully saturated rings. The van der Waals surface area contributed by atoms with Crippen LogP contribution in [0.4, 0.5) is 0 Å². The maximum absolute atomic E-state index is 6.07. The van der Waals surface area contributed by atoms with Crippen LogP contribution >= 0.6 is 34.8 Å². The molecule has 1 atom stereocenters. The van der Waals surface area contributed by atoms with Crippen LogP contribution in [0.5, 0.6) is 0 Å². The van der Waals surface area contributed by atoms with Crippen LogP contribution in [-0.4, -0.2) is 13.2 Å². The smallest absolute Gasteiger partial charge is 0.0572 e. The standard InChI is InChI=1S/C11H14Cl3NO/c1-7(15-16-2)3-4-9-10(13)5-8(12)6-11(9)14/h5-7,15H,3-4H2,1-2H3. The van der Waals surface area contributed by atoms with E-state index in [-0.39, 0.29) is 6.04 Å². The summed E-state index contributed by atoms with van der Waals surface area (Å²) in [6.07, 6.45) is 1.67. The minimum absolute atomic E-state index is 0.243. The molecule has 0 heterocycles. The zero-order chi connectivity index (χ0) is 12.1. The highest BCUT2D eigenvalue weighted by molar-refractivity contribution is 6.39. The van der Waals surface area contributed by atoms with E-state index in [0.717, 1.165) is 18.4 Å². The maximum Gasteiger partial charge on any atom is 0.0572 e. The monoisotopic (exact) mass is 281 g/mol.